The zero-order valence-corrected chi connectivity index (χ0v) is 16.3. The molecule has 0 atom stereocenters. The van der Waals surface area contributed by atoms with Crippen LogP contribution in [0.25, 0.3) is 11.3 Å². The minimum absolute atomic E-state index is 0.0526. The average Bonchev–Trinajstić information content (AvgIpc) is 3.10. The van der Waals surface area contributed by atoms with Gasteiger partial charge in [0.25, 0.3) is 0 Å². The van der Waals surface area contributed by atoms with Crippen molar-refractivity contribution in [3.63, 3.8) is 0 Å². The molecule has 0 spiro atoms. The molecule has 0 saturated carbocycles. The smallest absolute Gasteiger partial charge is 0.236 e. The molecule has 0 saturated heterocycles. The summed E-state index contributed by atoms with van der Waals surface area (Å²) in [4.78, 5) is 17.7. The van der Waals surface area contributed by atoms with E-state index in [9.17, 15) is 4.79 Å². The fourth-order valence-electron chi connectivity index (χ4n) is 2.29. The number of carbonyl (C=O) groups is 1. The standard InChI is InChI=1S/C20H20N2O2S2/c1-3-24-16-8-6-15(7-9-16)18-12-26-20(21-18)22-19(23)13-25-17-10-4-14(2)5-11-17/h4-12H,3,13H2,1-2H3,(H,21,22,23). The van der Waals surface area contributed by atoms with Gasteiger partial charge in [0.05, 0.1) is 18.1 Å². The topological polar surface area (TPSA) is 51.2 Å². The molecule has 1 N–H and O–H groups in total. The van der Waals surface area contributed by atoms with Crippen LogP contribution in [0.4, 0.5) is 5.13 Å². The summed E-state index contributed by atoms with van der Waals surface area (Å²) in [6.07, 6.45) is 0. The van der Waals surface area contributed by atoms with Gasteiger partial charge < -0.3 is 10.1 Å². The molecule has 26 heavy (non-hydrogen) atoms. The van der Waals surface area contributed by atoms with Gasteiger partial charge in [0.1, 0.15) is 5.75 Å². The van der Waals surface area contributed by atoms with E-state index in [0.29, 0.717) is 17.5 Å². The highest BCUT2D eigenvalue weighted by atomic mass is 32.2. The van der Waals surface area contributed by atoms with E-state index < -0.39 is 0 Å². The van der Waals surface area contributed by atoms with E-state index in [1.807, 2.05) is 67.8 Å². The van der Waals surface area contributed by atoms with Crippen molar-refractivity contribution in [2.75, 3.05) is 17.7 Å². The van der Waals surface area contributed by atoms with Gasteiger partial charge in [0, 0.05) is 15.8 Å². The minimum Gasteiger partial charge on any atom is -0.494 e. The number of aryl methyl sites for hydroxylation is 1. The highest BCUT2D eigenvalue weighted by molar-refractivity contribution is 8.00. The molecule has 6 heteroatoms. The molecule has 0 aliphatic rings. The predicted octanol–water partition coefficient (Wildman–Crippen LogP) is 5.25. The summed E-state index contributed by atoms with van der Waals surface area (Å²) in [6, 6.07) is 15.9. The Morgan fingerprint density at radius 1 is 1.15 bits per heavy atom. The lowest BCUT2D eigenvalue weighted by molar-refractivity contribution is -0.113. The Morgan fingerprint density at radius 3 is 2.58 bits per heavy atom. The van der Waals surface area contributed by atoms with Crippen molar-refractivity contribution < 1.29 is 9.53 Å². The van der Waals surface area contributed by atoms with E-state index >= 15 is 0 Å². The number of hydrogen-bond acceptors (Lipinski definition) is 5. The van der Waals surface area contributed by atoms with Crippen LogP contribution in [0.15, 0.2) is 58.8 Å². The molecule has 0 radical (unpaired) electrons. The summed E-state index contributed by atoms with van der Waals surface area (Å²) in [5.41, 5.74) is 3.06. The summed E-state index contributed by atoms with van der Waals surface area (Å²) < 4.78 is 5.45. The van der Waals surface area contributed by atoms with Crippen LogP contribution in [0.1, 0.15) is 12.5 Å². The van der Waals surface area contributed by atoms with Gasteiger partial charge >= 0.3 is 0 Å². The highest BCUT2D eigenvalue weighted by Crippen LogP contribution is 2.27. The molecule has 0 bridgehead atoms. The van der Waals surface area contributed by atoms with Crippen LogP contribution in [-0.2, 0) is 4.79 Å². The molecule has 3 aromatic rings. The molecule has 3 rings (SSSR count). The molecule has 4 nitrogen and oxygen atoms in total. The third kappa shape index (κ3) is 5.09. The molecule has 0 unspecified atom stereocenters. The fraction of sp³-hybridized carbons (Fsp3) is 0.200. The summed E-state index contributed by atoms with van der Waals surface area (Å²) in [5, 5.41) is 5.43. The molecule has 134 valence electrons. The van der Waals surface area contributed by atoms with Crippen molar-refractivity contribution in [1.82, 2.24) is 4.98 Å². The normalized spacial score (nSPS) is 10.5. The molecule has 1 aromatic heterocycles. The number of ether oxygens (including phenoxy) is 1. The predicted molar refractivity (Wildman–Crippen MR) is 109 cm³/mol. The Balaban J connectivity index is 1.55. The van der Waals surface area contributed by atoms with Crippen molar-refractivity contribution in [3.8, 4) is 17.0 Å². The van der Waals surface area contributed by atoms with E-state index in [4.69, 9.17) is 4.74 Å². The molecule has 0 aliphatic heterocycles. The molecule has 0 fully saturated rings. The number of anilines is 1. The van der Waals surface area contributed by atoms with Crippen LogP contribution in [0.2, 0.25) is 0 Å². The average molecular weight is 385 g/mol. The van der Waals surface area contributed by atoms with E-state index in [2.05, 4.69) is 10.3 Å². The molecule has 0 aliphatic carbocycles. The number of nitrogens with zero attached hydrogens (tertiary/aromatic N) is 1. The van der Waals surface area contributed by atoms with Gasteiger partial charge in [-0.3, -0.25) is 4.79 Å². The first-order valence-electron chi connectivity index (χ1n) is 8.32. The number of benzene rings is 2. The Hall–Kier alpha value is -2.31. The first-order chi connectivity index (χ1) is 12.6. The number of nitrogens with one attached hydrogen (secondary N) is 1. The first-order valence-corrected chi connectivity index (χ1v) is 10.2. The lowest BCUT2D eigenvalue weighted by atomic mass is 10.2. The highest BCUT2D eigenvalue weighted by Gasteiger charge is 2.09. The van der Waals surface area contributed by atoms with Crippen molar-refractivity contribution in [2.45, 2.75) is 18.7 Å². The van der Waals surface area contributed by atoms with Crippen molar-refractivity contribution in [1.29, 1.82) is 0 Å². The summed E-state index contributed by atoms with van der Waals surface area (Å²) >= 11 is 2.94. The van der Waals surface area contributed by atoms with Gasteiger partial charge in [-0.1, -0.05) is 17.7 Å². The zero-order chi connectivity index (χ0) is 18.4. The fourth-order valence-corrected chi connectivity index (χ4v) is 3.73. The summed E-state index contributed by atoms with van der Waals surface area (Å²) in [7, 11) is 0. The second kappa shape index (κ2) is 8.87. The molecule has 2 aromatic carbocycles. The Morgan fingerprint density at radius 2 is 1.88 bits per heavy atom. The van der Waals surface area contributed by atoms with E-state index in [1.54, 1.807) is 0 Å². The number of rotatable bonds is 7. The minimum atomic E-state index is -0.0526. The Kier molecular flexibility index (Phi) is 6.30. The van der Waals surface area contributed by atoms with E-state index in [0.717, 1.165) is 21.9 Å². The van der Waals surface area contributed by atoms with Gasteiger partial charge in [0.2, 0.25) is 5.91 Å². The molecular weight excluding hydrogens is 364 g/mol. The zero-order valence-electron chi connectivity index (χ0n) is 14.7. The summed E-state index contributed by atoms with van der Waals surface area (Å²) in [5.74, 6) is 1.15. The summed E-state index contributed by atoms with van der Waals surface area (Å²) in [6.45, 7) is 4.65. The van der Waals surface area contributed by atoms with Gasteiger partial charge in [-0.2, -0.15) is 0 Å². The monoisotopic (exact) mass is 384 g/mol. The maximum atomic E-state index is 12.1. The maximum absolute atomic E-state index is 12.1. The van der Waals surface area contributed by atoms with E-state index in [1.165, 1.54) is 28.7 Å². The van der Waals surface area contributed by atoms with Crippen LogP contribution in [0, 0.1) is 6.92 Å². The van der Waals surface area contributed by atoms with Crippen molar-refractivity contribution in [2.24, 2.45) is 0 Å². The van der Waals surface area contributed by atoms with Crippen LogP contribution in [0.5, 0.6) is 5.75 Å². The molecular formula is C20H20N2O2S2. The number of thiazole rings is 1. The SMILES string of the molecule is CCOc1ccc(-c2csc(NC(=O)CSc3ccc(C)cc3)n2)cc1. The number of amides is 1. The van der Waals surface area contributed by atoms with Crippen LogP contribution in [0.3, 0.4) is 0 Å². The lowest BCUT2D eigenvalue weighted by Crippen LogP contribution is -2.13. The lowest BCUT2D eigenvalue weighted by Gasteiger charge is -2.04. The first kappa shape index (κ1) is 18.5. The Labute approximate surface area is 161 Å². The van der Waals surface area contributed by atoms with Crippen molar-refractivity contribution in [3.05, 3.63) is 59.5 Å². The van der Waals surface area contributed by atoms with Crippen LogP contribution in [-0.4, -0.2) is 23.3 Å². The molecule has 1 amide bonds. The molecule has 1 heterocycles. The number of thioether (sulfide) groups is 1. The Bertz CT molecular complexity index is 858. The van der Waals surface area contributed by atoms with Gasteiger partial charge in [-0.15, -0.1) is 23.1 Å². The van der Waals surface area contributed by atoms with E-state index in [-0.39, 0.29) is 5.91 Å². The van der Waals surface area contributed by atoms with Crippen LogP contribution < -0.4 is 10.1 Å². The maximum Gasteiger partial charge on any atom is 0.236 e. The second-order valence-electron chi connectivity index (χ2n) is 5.65. The number of hydrogen-bond donors (Lipinski definition) is 1. The van der Waals surface area contributed by atoms with Gasteiger partial charge in [0.15, 0.2) is 5.13 Å². The number of aromatic nitrogens is 1. The second-order valence-corrected chi connectivity index (χ2v) is 7.55. The third-order valence-corrected chi connectivity index (χ3v) is 5.37. The number of carbonyl (C=O) groups excluding carboxylic acids is 1. The largest absolute Gasteiger partial charge is 0.494 e. The third-order valence-electron chi connectivity index (χ3n) is 3.60. The van der Waals surface area contributed by atoms with Crippen LogP contribution >= 0.6 is 23.1 Å². The van der Waals surface area contributed by atoms with Crippen molar-refractivity contribution >= 4 is 34.1 Å². The van der Waals surface area contributed by atoms with Gasteiger partial charge in [-0.05, 0) is 50.2 Å². The van der Waals surface area contributed by atoms with Gasteiger partial charge in [-0.25, -0.2) is 4.98 Å². The quantitative estimate of drug-likeness (QED) is 0.565.